The van der Waals surface area contributed by atoms with Crippen LogP contribution in [0.4, 0.5) is 0 Å². The van der Waals surface area contributed by atoms with Crippen molar-refractivity contribution in [2.75, 3.05) is 0 Å². The Morgan fingerprint density at radius 2 is 2.19 bits per heavy atom. The van der Waals surface area contributed by atoms with Crippen molar-refractivity contribution in [2.24, 2.45) is 17.3 Å². The van der Waals surface area contributed by atoms with Crippen LogP contribution < -0.4 is 10.3 Å². The number of aromatic nitrogens is 1. The van der Waals surface area contributed by atoms with E-state index in [1.807, 2.05) is 0 Å². The first-order valence-corrected chi connectivity index (χ1v) is 8.00. The molecular formula is C17H25NO3. The standard InChI is InChI=1S/C17H25NO3/c1-5-13-17(4)9-10(2)8-11(3)15(17)14-12(21-13)6-7-18(20)16(14)19/h6-7,10-11,13,15,20H,5,8-9H2,1-4H3/t10-,11+,13+,15+,17+/m0/s1. The number of fused-ring (bicyclic) bond motifs is 3. The summed E-state index contributed by atoms with van der Waals surface area (Å²) in [5, 5.41) is 9.76. The highest BCUT2D eigenvalue weighted by Gasteiger charge is 2.53. The smallest absolute Gasteiger partial charge is 0.290 e. The molecule has 5 atom stereocenters. The molecule has 1 aromatic heterocycles. The van der Waals surface area contributed by atoms with Gasteiger partial charge < -0.3 is 9.94 Å². The highest BCUT2D eigenvalue weighted by molar-refractivity contribution is 5.39. The van der Waals surface area contributed by atoms with Crippen molar-refractivity contribution in [2.45, 2.75) is 59.0 Å². The third-order valence-electron chi connectivity index (χ3n) is 5.60. The van der Waals surface area contributed by atoms with Crippen LogP contribution in [0.2, 0.25) is 0 Å². The van der Waals surface area contributed by atoms with Crippen LogP contribution in [0, 0.1) is 17.3 Å². The molecule has 1 aliphatic heterocycles. The predicted molar refractivity (Wildman–Crippen MR) is 81.0 cm³/mol. The maximum atomic E-state index is 12.5. The van der Waals surface area contributed by atoms with Crippen LogP contribution in [-0.4, -0.2) is 16.0 Å². The lowest BCUT2D eigenvalue weighted by atomic mass is 9.54. The zero-order valence-electron chi connectivity index (χ0n) is 13.3. The van der Waals surface area contributed by atoms with Gasteiger partial charge in [-0.15, -0.1) is 0 Å². The Kier molecular flexibility index (Phi) is 3.30. The van der Waals surface area contributed by atoms with E-state index < -0.39 is 0 Å². The number of hydrogen-bond donors (Lipinski definition) is 1. The second kappa shape index (κ2) is 4.79. The van der Waals surface area contributed by atoms with E-state index in [2.05, 4.69) is 27.7 Å². The van der Waals surface area contributed by atoms with Gasteiger partial charge in [-0.05, 0) is 31.1 Å². The third kappa shape index (κ3) is 1.99. The summed E-state index contributed by atoms with van der Waals surface area (Å²) in [5.74, 6) is 1.89. The van der Waals surface area contributed by atoms with Crippen LogP contribution in [-0.2, 0) is 0 Å². The lowest BCUT2D eigenvalue weighted by molar-refractivity contribution is -0.0475. The average Bonchev–Trinajstić information content (AvgIpc) is 2.41. The molecule has 4 heteroatoms. The Balaban J connectivity index is 2.22. The third-order valence-corrected chi connectivity index (χ3v) is 5.60. The summed E-state index contributed by atoms with van der Waals surface area (Å²) in [6, 6.07) is 1.73. The molecule has 0 bridgehead atoms. The average molecular weight is 291 g/mol. The molecule has 1 saturated carbocycles. The molecule has 0 spiro atoms. The lowest BCUT2D eigenvalue weighted by Gasteiger charge is -2.54. The summed E-state index contributed by atoms with van der Waals surface area (Å²) in [4.78, 5) is 12.5. The Morgan fingerprint density at radius 1 is 1.48 bits per heavy atom. The van der Waals surface area contributed by atoms with Crippen LogP contribution in [0.5, 0.6) is 5.75 Å². The van der Waals surface area contributed by atoms with Crippen molar-refractivity contribution in [3.05, 3.63) is 28.2 Å². The van der Waals surface area contributed by atoms with Gasteiger partial charge in [0.05, 0.1) is 11.8 Å². The summed E-state index contributed by atoms with van der Waals surface area (Å²) in [6.07, 6.45) is 4.64. The molecular weight excluding hydrogens is 266 g/mol. The number of ether oxygens (including phenoxy) is 1. The Labute approximate surface area is 125 Å². The number of hydrogen-bond acceptors (Lipinski definition) is 3. The molecule has 2 aliphatic rings. The van der Waals surface area contributed by atoms with Crippen LogP contribution in [0.3, 0.4) is 0 Å². The van der Waals surface area contributed by atoms with Crippen LogP contribution >= 0.6 is 0 Å². The molecule has 1 aromatic rings. The van der Waals surface area contributed by atoms with Gasteiger partial charge in [-0.3, -0.25) is 4.79 Å². The van der Waals surface area contributed by atoms with Crippen molar-refractivity contribution in [3.63, 3.8) is 0 Å². The summed E-state index contributed by atoms with van der Waals surface area (Å²) < 4.78 is 6.86. The molecule has 0 amide bonds. The molecule has 116 valence electrons. The Hall–Kier alpha value is -1.45. The minimum absolute atomic E-state index is 0.0354. The van der Waals surface area contributed by atoms with Crippen molar-refractivity contribution >= 4 is 0 Å². The number of pyridine rings is 1. The topological polar surface area (TPSA) is 51.5 Å². The van der Waals surface area contributed by atoms with E-state index >= 15 is 0 Å². The van der Waals surface area contributed by atoms with E-state index in [1.54, 1.807) is 6.07 Å². The monoisotopic (exact) mass is 291 g/mol. The maximum Gasteiger partial charge on any atom is 0.290 e. The quantitative estimate of drug-likeness (QED) is 0.807. The number of rotatable bonds is 1. The van der Waals surface area contributed by atoms with Crippen LogP contribution in [0.25, 0.3) is 0 Å². The summed E-state index contributed by atoms with van der Waals surface area (Å²) in [5.41, 5.74) is 0.318. The van der Waals surface area contributed by atoms with Gasteiger partial charge in [-0.2, -0.15) is 4.73 Å². The minimum Gasteiger partial charge on any atom is -0.489 e. The fourth-order valence-electron chi connectivity index (χ4n) is 5.08. The molecule has 21 heavy (non-hydrogen) atoms. The molecule has 0 saturated heterocycles. The van der Waals surface area contributed by atoms with E-state index in [1.165, 1.54) is 6.20 Å². The SMILES string of the molecule is CC[C@H]1Oc2ccn(O)c(=O)c2[C@H]2[C@H](C)C[C@H](C)C[C@]12C. The summed E-state index contributed by atoms with van der Waals surface area (Å²) in [7, 11) is 0. The first-order valence-electron chi connectivity index (χ1n) is 8.00. The molecule has 0 radical (unpaired) electrons. The second-order valence-electron chi connectivity index (χ2n) is 7.26. The first kappa shape index (κ1) is 14.5. The number of nitrogens with zero attached hydrogens (tertiary/aromatic N) is 1. The summed E-state index contributed by atoms with van der Waals surface area (Å²) >= 11 is 0. The van der Waals surface area contributed by atoms with E-state index in [9.17, 15) is 10.0 Å². The highest BCUT2D eigenvalue weighted by Crippen LogP contribution is 2.58. The van der Waals surface area contributed by atoms with Gasteiger partial charge in [0.1, 0.15) is 11.9 Å². The first-order chi connectivity index (χ1) is 9.88. The fourth-order valence-corrected chi connectivity index (χ4v) is 5.08. The van der Waals surface area contributed by atoms with Gasteiger partial charge in [0, 0.05) is 17.4 Å². The molecule has 0 aromatic carbocycles. The predicted octanol–water partition coefficient (Wildman–Crippen LogP) is 3.41. The molecule has 3 rings (SSSR count). The van der Waals surface area contributed by atoms with Gasteiger partial charge in [-0.1, -0.05) is 27.7 Å². The lowest BCUT2D eigenvalue weighted by Crippen LogP contribution is -2.52. The molecule has 2 heterocycles. The van der Waals surface area contributed by atoms with Gasteiger partial charge in [0.15, 0.2) is 0 Å². The zero-order valence-corrected chi connectivity index (χ0v) is 13.3. The normalized spacial score (nSPS) is 38.3. The van der Waals surface area contributed by atoms with E-state index in [-0.39, 0.29) is 23.0 Å². The molecule has 1 aliphatic carbocycles. The van der Waals surface area contributed by atoms with E-state index in [0.29, 0.717) is 27.9 Å². The van der Waals surface area contributed by atoms with E-state index in [0.717, 1.165) is 19.3 Å². The van der Waals surface area contributed by atoms with Crippen molar-refractivity contribution < 1.29 is 9.94 Å². The Bertz CT molecular complexity index is 609. The van der Waals surface area contributed by atoms with Crippen molar-refractivity contribution in [1.29, 1.82) is 0 Å². The molecule has 1 N–H and O–H groups in total. The zero-order chi connectivity index (χ0) is 15.4. The van der Waals surface area contributed by atoms with Crippen LogP contribution in [0.15, 0.2) is 17.1 Å². The maximum absolute atomic E-state index is 12.5. The molecule has 1 fully saturated rings. The van der Waals surface area contributed by atoms with Gasteiger partial charge in [0.2, 0.25) is 0 Å². The van der Waals surface area contributed by atoms with Crippen LogP contribution in [0.1, 0.15) is 58.4 Å². The van der Waals surface area contributed by atoms with Crippen molar-refractivity contribution in [1.82, 2.24) is 4.73 Å². The summed E-state index contributed by atoms with van der Waals surface area (Å²) in [6.45, 7) is 8.92. The minimum atomic E-state index is -0.320. The molecule has 4 nitrogen and oxygen atoms in total. The van der Waals surface area contributed by atoms with Gasteiger partial charge in [-0.25, -0.2) is 0 Å². The fraction of sp³-hybridized carbons (Fsp3) is 0.706. The second-order valence-corrected chi connectivity index (χ2v) is 7.26. The molecule has 0 unspecified atom stereocenters. The van der Waals surface area contributed by atoms with Gasteiger partial charge in [0.25, 0.3) is 5.56 Å². The largest absolute Gasteiger partial charge is 0.489 e. The Morgan fingerprint density at radius 3 is 2.86 bits per heavy atom. The highest BCUT2D eigenvalue weighted by atomic mass is 16.5. The van der Waals surface area contributed by atoms with Gasteiger partial charge >= 0.3 is 0 Å². The van der Waals surface area contributed by atoms with Crippen molar-refractivity contribution in [3.8, 4) is 5.75 Å². The van der Waals surface area contributed by atoms with E-state index in [4.69, 9.17) is 4.74 Å².